The molecule has 11 aromatic rings. The Balaban J connectivity index is 1.08. The van der Waals surface area contributed by atoms with Gasteiger partial charge in [0.2, 0.25) is 0 Å². The number of benzene rings is 10. The van der Waals surface area contributed by atoms with E-state index in [0.717, 1.165) is 0 Å². The van der Waals surface area contributed by atoms with Gasteiger partial charge in [-0.3, -0.25) is 0 Å². The second-order valence-electron chi connectivity index (χ2n) is 16.4. The van der Waals surface area contributed by atoms with Crippen molar-refractivity contribution >= 4 is 53.9 Å². The zero-order valence-corrected chi connectivity index (χ0v) is 32.1. The Morgan fingerprint density at radius 1 is 0.293 bits per heavy atom. The van der Waals surface area contributed by atoms with E-state index in [1.807, 2.05) is 0 Å². The van der Waals surface area contributed by atoms with E-state index in [9.17, 15) is 0 Å². The lowest BCUT2D eigenvalue weighted by Crippen LogP contribution is -2.26. The predicted octanol–water partition coefficient (Wildman–Crippen LogP) is 15.4. The minimum absolute atomic E-state index is 0.467. The van der Waals surface area contributed by atoms with Crippen LogP contribution in [-0.2, 0) is 5.41 Å². The van der Waals surface area contributed by atoms with Crippen LogP contribution in [0.1, 0.15) is 27.8 Å². The molecule has 0 N–H and O–H groups in total. The van der Waals surface area contributed by atoms with Gasteiger partial charge in [0.05, 0.1) is 5.41 Å². The number of hydrogen-bond acceptors (Lipinski definition) is 0. The Labute approximate surface area is 337 Å². The molecule has 2 aliphatic carbocycles. The third kappa shape index (κ3) is 4.19. The molecule has 0 amide bonds. The molecule has 0 fully saturated rings. The van der Waals surface area contributed by atoms with E-state index in [1.54, 1.807) is 0 Å². The molecule has 0 saturated heterocycles. The first-order valence-electron chi connectivity index (χ1n) is 20.4. The van der Waals surface area contributed by atoms with Crippen molar-refractivity contribution in [3.05, 3.63) is 228 Å². The summed E-state index contributed by atoms with van der Waals surface area (Å²) in [5.74, 6) is 0. The normalized spacial score (nSPS) is 13.4. The molecule has 0 heteroatoms. The molecule has 11 aromatic carbocycles. The van der Waals surface area contributed by atoms with Crippen molar-refractivity contribution in [2.45, 2.75) is 12.3 Å². The quantitative estimate of drug-likeness (QED) is 0.155. The Morgan fingerprint density at radius 3 is 1.52 bits per heavy atom. The largest absolute Gasteiger partial charge is 0.0725 e. The van der Waals surface area contributed by atoms with Crippen LogP contribution in [0.2, 0.25) is 0 Å². The molecule has 0 radical (unpaired) electrons. The first-order valence-corrected chi connectivity index (χ1v) is 20.4. The topological polar surface area (TPSA) is 0 Å². The van der Waals surface area contributed by atoms with Crippen LogP contribution in [0, 0.1) is 6.92 Å². The highest BCUT2D eigenvalue weighted by atomic mass is 14.5. The van der Waals surface area contributed by atoms with Gasteiger partial charge in [0.1, 0.15) is 0 Å². The lowest BCUT2D eigenvalue weighted by Gasteiger charge is -2.31. The van der Waals surface area contributed by atoms with Crippen molar-refractivity contribution in [2.24, 2.45) is 0 Å². The first kappa shape index (κ1) is 31.9. The number of fused-ring (bicyclic) bond motifs is 11. The first-order chi connectivity index (χ1) is 28.6. The Hall–Kier alpha value is -7.28. The van der Waals surface area contributed by atoms with Crippen LogP contribution in [0.4, 0.5) is 0 Å². The summed E-state index contributed by atoms with van der Waals surface area (Å²) in [5, 5.41) is 12.9. The molecule has 13 rings (SSSR count). The molecule has 2 aliphatic rings. The van der Waals surface area contributed by atoms with Crippen molar-refractivity contribution in [1.82, 2.24) is 0 Å². The SMILES string of the molecule is Cc1cccc2ccc3c(-c4ccc5c(c4)C4(c6ccccc6-c6ccccc64)c4cc(-c6ccc7ccc8cccc9ccc6c7c89)ccc4-5)ccc(cc1)c3c2. The zero-order valence-electron chi connectivity index (χ0n) is 32.1. The van der Waals surface area contributed by atoms with E-state index in [-0.39, 0.29) is 0 Å². The second-order valence-corrected chi connectivity index (χ2v) is 16.4. The number of rotatable bonds is 2. The molecular weight excluding hydrogens is 697 g/mol. The average Bonchev–Trinajstić information content (AvgIpc) is 3.74. The van der Waals surface area contributed by atoms with Crippen LogP contribution in [0.3, 0.4) is 0 Å². The monoisotopic (exact) mass is 732 g/mol. The van der Waals surface area contributed by atoms with Crippen LogP contribution in [-0.4, -0.2) is 0 Å². The van der Waals surface area contributed by atoms with Gasteiger partial charge in [0.15, 0.2) is 0 Å². The minimum atomic E-state index is -0.467. The molecular formula is C58H36. The van der Waals surface area contributed by atoms with Crippen molar-refractivity contribution in [3.63, 3.8) is 0 Å². The van der Waals surface area contributed by atoms with E-state index < -0.39 is 5.41 Å². The molecule has 268 valence electrons. The summed E-state index contributed by atoms with van der Waals surface area (Å²) in [6, 6.07) is 76.0. The summed E-state index contributed by atoms with van der Waals surface area (Å²) < 4.78 is 0. The van der Waals surface area contributed by atoms with Crippen molar-refractivity contribution < 1.29 is 0 Å². The fourth-order valence-electron chi connectivity index (χ4n) is 10.9. The highest BCUT2D eigenvalue weighted by Crippen LogP contribution is 2.63. The maximum Gasteiger partial charge on any atom is 0.0725 e. The Morgan fingerprint density at radius 2 is 0.810 bits per heavy atom. The maximum absolute atomic E-state index is 2.53. The van der Waals surface area contributed by atoms with Crippen molar-refractivity contribution in [2.75, 3.05) is 0 Å². The standard InChI is InChI=1S/C58H36/c1-35-8-6-9-36-17-26-45-43(27-21-37(18-16-35)51(45)32-36)41-24-29-48-49-30-25-42(44-28-22-40-20-19-38-10-7-11-39-23-31-50(44)57(40)56(38)39)34-55(49)58(54(48)33-41)52-14-4-2-12-46(52)47-13-3-5-15-53(47)58/h2-34H,1H3. The smallest absolute Gasteiger partial charge is 0.0619 e. The second kappa shape index (κ2) is 11.6. The molecule has 58 heavy (non-hydrogen) atoms. The summed E-state index contributed by atoms with van der Waals surface area (Å²) in [7, 11) is 0. The van der Waals surface area contributed by atoms with Gasteiger partial charge in [-0.25, -0.2) is 0 Å². The third-order valence-electron chi connectivity index (χ3n) is 13.5. The van der Waals surface area contributed by atoms with E-state index in [4.69, 9.17) is 0 Å². The van der Waals surface area contributed by atoms with Crippen LogP contribution >= 0.6 is 0 Å². The predicted molar refractivity (Wildman–Crippen MR) is 246 cm³/mol. The van der Waals surface area contributed by atoms with Gasteiger partial charge >= 0.3 is 0 Å². The zero-order chi connectivity index (χ0) is 38.1. The fourth-order valence-corrected chi connectivity index (χ4v) is 10.9. The highest BCUT2D eigenvalue weighted by Gasteiger charge is 2.51. The molecule has 0 unspecified atom stereocenters. The molecule has 0 heterocycles. The molecule has 2 bridgehead atoms. The van der Waals surface area contributed by atoms with Crippen molar-refractivity contribution in [3.8, 4) is 44.5 Å². The van der Waals surface area contributed by atoms with Crippen LogP contribution < -0.4 is 0 Å². The van der Waals surface area contributed by atoms with Crippen LogP contribution in [0.25, 0.3) is 98.4 Å². The maximum atomic E-state index is 2.53. The summed E-state index contributed by atoms with van der Waals surface area (Å²) in [4.78, 5) is 0. The molecule has 0 nitrogen and oxygen atoms in total. The van der Waals surface area contributed by atoms with E-state index >= 15 is 0 Å². The van der Waals surface area contributed by atoms with Crippen molar-refractivity contribution in [1.29, 1.82) is 0 Å². The van der Waals surface area contributed by atoms with E-state index in [1.165, 1.54) is 126 Å². The fraction of sp³-hybridized carbons (Fsp3) is 0.0345. The summed E-state index contributed by atoms with van der Waals surface area (Å²) in [5.41, 5.74) is 16.5. The van der Waals surface area contributed by atoms with Crippen LogP contribution in [0.15, 0.2) is 200 Å². The van der Waals surface area contributed by atoms with Gasteiger partial charge in [0, 0.05) is 0 Å². The number of hydrogen-bond donors (Lipinski definition) is 0. The van der Waals surface area contributed by atoms with Gasteiger partial charge in [-0.2, -0.15) is 0 Å². The Kier molecular flexibility index (Phi) is 6.39. The average molecular weight is 733 g/mol. The molecule has 1 spiro atoms. The van der Waals surface area contributed by atoms with E-state index in [2.05, 4.69) is 207 Å². The molecule has 0 aromatic heterocycles. The lowest BCUT2D eigenvalue weighted by molar-refractivity contribution is 0.794. The van der Waals surface area contributed by atoms with Gasteiger partial charge in [-0.15, -0.1) is 0 Å². The Bertz CT molecular complexity index is 3520. The summed E-state index contributed by atoms with van der Waals surface area (Å²) in [6.45, 7) is 2.16. The van der Waals surface area contributed by atoms with E-state index in [0.29, 0.717) is 0 Å². The van der Waals surface area contributed by atoms with Gasteiger partial charge in [-0.1, -0.05) is 188 Å². The summed E-state index contributed by atoms with van der Waals surface area (Å²) in [6.07, 6.45) is 0. The lowest BCUT2D eigenvalue weighted by atomic mass is 9.70. The molecule has 0 saturated carbocycles. The number of aryl methyl sites for hydroxylation is 1. The van der Waals surface area contributed by atoms with Gasteiger partial charge in [0.25, 0.3) is 0 Å². The molecule has 0 atom stereocenters. The van der Waals surface area contributed by atoms with Gasteiger partial charge < -0.3 is 0 Å². The minimum Gasteiger partial charge on any atom is -0.0619 e. The summed E-state index contributed by atoms with van der Waals surface area (Å²) >= 11 is 0. The highest BCUT2D eigenvalue weighted by molar-refractivity contribution is 6.25. The van der Waals surface area contributed by atoms with Crippen LogP contribution in [0.5, 0.6) is 0 Å². The van der Waals surface area contributed by atoms with Gasteiger partial charge in [-0.05, 0) is 146 Å². The molecule has 0 aliphatic heterocycles. The third-order valence-corrected chi connectivity index (χ3v) is 13.5.